The van der Waals surface area contributed by atoms with Gasteiger partial charge in [-0.1, -0.05) is 49.5 Å². The molecule has 2 nitrogen and oxygen atoms in total. The van der Waals surface area contributed by atoms with Gasteiger partial charge in [-0.25, -0.2) is 0 Å². The summed E-state index contributed by atoms with van der Waals surface area (Å²) in [6.45, 7) is 0. The van der Waals surface area contributed by atoms with Gasteiger partial charge in [-0.05, 0) is 42.0 Å². The quantitative estimate of drug-likeness (QED) is 0.587. The highest BCUT2D eigenvalue weighted by molar-refractivity contribution is 9.10. The Morgan fingerprint density at radius 3 is 2.45 bits per heavy atom. The van der Waals surface area contributed by atoms with Crippen LogP contribution in [-0.4, -0.2) is 0 Å². The number of furan rings is 1. The number of fused-ring (bicyclic) bond motifs is 1. The van der Waals surface area contributed by atoms with E-state index in [-0.39, 0.29) is 6.04 Å². The van der Waals surface area contributed by atoms with Crippen LogP contribution in [0.2, 0.25) is 5.02 Å². The van der Waals surface area contributed by atoms with Crippen LogP contribution in [0.15, 0.2) is 55.8 Å². The molecule has 0 saturated heterocycles. The highest BCUT2D eigenvalue weighted by atomic mass is 79.9. The number of rotatable bonds is 2. The van der Waals surface area contributed by atoms with Crippen molar-refractivity contribution in [3.05, 3.63) is 67.8 Å². The van der Waals surface area contributed by atoms with Crippen molar-refractivity contribution >= 4 is 54.4 Å². The molecular formula is C15H10Br2ClNO. The maximum Gasteiger partial charge on any atom is 0.134 e. The second-order valence-corrected chi connectivity index (χ2v) is 6.71. The van der Waals surface area contributed by atoms with Crippen LogP contribution in [0, 0.1) is 0 Å². The van der Waals surface area contributed by atoms with Gasteiger partial charge in [0.05, 0.1) is 6.04 Å². The fourth-order valence-corrected chi connectivity index (χ4v) is 3.26. The van der Waals surface area contributed by atoms with Crippen molar-refractivity contribution in [2.24, 2.45) is 5.73 Å². The molecule has 0 amide bonds. The summed E-state index contributed by atoms with van der Waals surface area (Å²) in [5, 5.41) is 1.63. The van der Waals surface area contributed by atoms with Crippen molar-refractivity contribution in [1.29, 1.82) is 0 Å². The second kappa shape index (κ2) is 5.53. The van der Waals surface area contributed by atoms with Gasteiger partial charge in [0.2, 0.25) is 0 Å². The van der Waals surface area contributed by atoms with Crippen molar-refractivity contribution in [1.82, 2.24) is 0 Å². The van der Waals surface area contributed by atoms with Crippen LogP contribution in [0.3, 0.4) is 0 Å². The molecule has 0 radical (unpaired) electrons. The van der Waals surface area contributed by atoms with Gasteiger partial charge in [-0.2, -0.15) is 0 Å². The Hall–Kier alpha value is -0.810. The maximum absolute atomic E-state index is 6.26. The number of nitrogens with two attached hydrogens (primary N) is 1. The van der Waals surface area contributed by atoms with Crippen LogP contribution in [0.5, 0.6) is 0 Å². The van der Waals surface area contributed by atoms with Crippen LogP contribution in [0.1, 0.15) is 17.4 Å². The van der Waals surface area contributed by atoms with E-state index in [4.69, 9.17) is 21.8 Å². The number of benzene rings is 2. The van der Waals surface area contributed by atoms with Crippen molar-refractivity contribution in [2.45, 2.75) is 6.04 Å². The third-order valence-corrected chi connectivity index (χ3v) is 4.42. The zero-order chi connectivity index (χ0) is 14.3. The van der Waals surface area contributed by atoms with Gasteiger partial charge in [-0.3, -0.25) is 0 Å². The first-order valence-electron chi connectivity index (χ1n) is 5.94. The second-order valence-electron chi connectivity index (χ2n) is 4.47. The Bertz CT molecular complexity index is 785. The largest absolute Gasteiger partial charge is 0.459 e. The standard InChI is InChI=1S/C15H10Br2ClNO/c16-9-2-4-13-8(5-9)6-14(20-13)15(19)11-3-1-10(17)7-12(11)18/h1-7,15H,19H2. The van der Waals surface area contributed by atoms with Crippen LogP contribution in [-0.2, 0) is 0 Å². The van der Waals surface area contributed by atoms with E-state index in [1.807, 2.05) is 42.5 Å². The summed E-state index contributed by atoms with van der Waals surface area (Å²) < 4.78 is 7.74. The van der Waals surface area contributed by atoms with E-state index in [1.165, 1.54) is 0 Å². The smallest absolute Gasteiger partial charge is 0.134 e. The molecule has 2 N–H and O–H groups in total. The van der Waals surface area contributed by atoms with Crippen molar-refractivity contribution < 1.29 is 4.42 Å². The molecule has 1 heterocycles. The molecule has 20 heavy (non-hydrogen) atoms. The first-order valence-corrected chi connectivity index (χ1v) is 7.90. The molecule has 102 valence electrons. The molecule has 3 aromatic rings. The number of hydrogen-bond donors (Lipinski definition) is 1. The average Bonchev–Trinajstić information content (AvgIpc) is 2.81. The summed E-state index contributed by atoms with van der Waals surface area (Å²) >= 11 is 13.1. The number of halogens is 3. The molecule has 1 unspecified atom stereocenters. The van der Waals surface area contributed by atoms with Crippen molar-refractivity contribution in [2.75, 3.05) is 0 Å². The summed E-state index contributed by atoms with van der Waals surface area (Å²) in [4.78, 5) is 0. The predicted molar refractivity (Wildman–Crippen MR) is 89.1 cm³/mol. The Morgan fingerprint density at radius 1 is 1.00 bits per heavy atom. The minimum absolute atomic E-state index is 0.387. The van der Waals surface area contributed by atoms with Gasteiger partial charge in [0.1, 0.15) is 11.3 Å². The molecule has 0 spiro atoms. The van der Waals surface area contributed by atoms with Crippen molar-refractivity contribution in [3.8, 4) is 0 Å². The highest BCUT2D eigenvalue weighted by Gasteiger charge is 2.17. The first kappa shape index (κ1) is 14.1. The Morgan fingerprint density at radius 2 is 1.70 bits per heavy atom. The molecule has 0 aliphatic carbocycles. The summed E-state index contributed by atoms with van der Waals surface area (Å²) in [6, 6.07) is 13.1. The van der Waals surface area contributed by atoms with Crippen LogP contribution >= 0.6 is 43.5 Å². The molecule has 0 fully saturated rings. The fraction of sp³-hybridized carbons (Fsp3) is 0.0667. The predicted octanol–water partition coefficient (Wildman–Crippen LogP) is 5.66. The van der Waals surface area contributed by atoms with E-state index in [0.717, 1.165) is 25.5 Å². The van der Waals surface area contributed by atoms with Gasteiger partial charge >= 0.3 is 0 Å². The molecule has 1 aromatic heterocycles. The van der Waals surface area contributed by atoms with Crippen LogP contribution in [0.25, 0.3) is 11.0 Å². The zero-order valence-electron chi connectivity index (χ0n) is 10.2. The summed E-state index contributed by atoms with van der Waals surface area (Å²) in [6.07, 6.45) is 0. The first-order chi connectivity index (χ1) is 9.54. The molecule has 2 aromatic carbocycles. The topological polar surface area (TPSA) is 39.2 Å². The Kier molecular flexibility index (Phi) is 3.91. The lowest BCUT2D eigenvalue weighted by Gasteiger charge is -2.11. The lowest BCUT2D eigenvalue weighted by molar-refractivity contribution is 0.525. The molecule has 0 bridgehead atoms. The minimum atomic E-state index is -0.387. The van der Waals surface area contributed by atoms with Gasteiger partial charge in [0.15, 0.2) is 0 Å². The summed E-state index contributed by atoms with van der Waals surface area (Å²) in [5.41, 5.74) is 7.92. The van der Waals surface area contributed by atoms with E-state index in [2.05, 4.69) is 31.9 Å². The van der Waals surface area contributed by atoms with Crippen LogP contribution in [0.4, 0.5) is 0 Å². The SMILES string of the molecule is NC(c1cc2cc(Br)ccc2o1)c1ccc(Br)cc1Cl. The van der Waals surface area contributed by atoms with E-state index in [1.54, 1.807) is 0 Å². The molecule has 5 heteroatoms. The summed E-state index contributed by atoms with van der Waals surface area (Å²) in [5.74, 6) is 0.697. The summed E-state index contributed by atoms with van der Waals surface area (Å²) in [7, 11) is 0. The van der Waals surface area contributed by atoms with Gasteiger partial charge in [-0.15, -0.1) is 0 Å². The minimum Gasteiger partial charge on any atom is -0.459 e. The lowest BCUT2D eigenvalue weighted by Crippen LogP contribution is -2.11. The van der Waals surface area contributed by atoms with Gasteiger partial charge in [0, 0.05) is 19.4 Å². The van der Waals surface area contributed by atoms with Crippen molar-refractivity contribution in [3.63, 3.8) is 0 Å². The number of hydrogen-bond acceptors (Lipinski definition) is 2. The Labute approximate surface area is 138 Å². The average molecular weight is 416 g/mol. The van der Waals surface area contributed by atoms with E-state index in [9.17, 15) is 0 Å². The molecule has 0 aliphatic rings. The van der Waals surface area contributed by atoms with E-state index in [0.29, 0.717) is 10.8 Å². The monoisotopic (exact) mass is 413 g/mol. The van der Waals surface area contributed by atoms with E-state index >= 15 is 0 Å². The molecule has 0 aliphatic heterocycles. The van der Waals surface area contributed by atoms with E-state index < -0.39 is 0 Å². The highest BCUT2D eigenvalue weighted by Crippen LogP contribution is 2.32. The molecular weight excluding hydrogens is 405 g/mol. The third-order valence-electron chi connectivity index (χ3n) is 3.10. The zero-order valence-corrected chi connectivity index (χ0v) is 14.2. The third kappa shape index (κ3) is 2.66. The molecule has 1 atom stereocenters. The van der Waals surface area contributed by atoms with Crippen LogP contribution < -0.4 is 5.73 Å². The fourth-order valence-electron chi connectivity index (χ4n) is 2.10. The van der Waals surface area contributed by atoms with Gasteiger partial charge < -0.3 is 10.2 Å². The molecule has 3 rings (SSSR count). The maximum atomic E-state index is 6.26. The normalized spacial score (nSPS) is 12.8. The molecule has 0 saturated carbocycles. The Balaban J connectivity index is 2.05. The lowest BCUT2D eigenvalue weighted by atomic mass is 10.1. The van der Waals surface area contributed by atoms with Gasteiger partial charge in [0.25, 0.3) is 0 Å².